The smallest absolute Gasteiger partial charge is 0.368 e. The van der Waals surface area contributed by atoms with Gasteiger partial charge in [0, 0.05) is 0 Å². The van der Waals surface area contributed by atoms with Crippen molar-refractivity contribution in [3.63, 3.8) is 0 Å². The molecule has 0 radical (unpaired) electrons. The van der Waals surface area contributed by atoms with Gasteiger partial charge in [0.05, 0.1) is 0 Å². The minimum absolute atomic E-state index is 1.40. The van der Waals surface area contributed by atoms with Crippen molar-refractivity contribution in [2.24, 2.45) is 10.9 Å². The molecule has 0 aromatic heterocycles. The van der Waals surface area contributed by atoms with E-state index in [9.17, 15) is 13.7 Å². The lowest BCUT2D eigenvalue weighted by Gasteiger charge is -2.11. The summed E-state index contributed by atoms with van der Waals surface area (Å²) >= 11 is 0. The van der Waals surface area contributed by atoms with Crippen molar-refractivity contribution >= 4 is 29.5 Å². The van der Waals surface area contributed by atoms with E-state index in [-0.39, 0.29) is 0 Å². The van der Waals surface area contributed by atoms with E-state index in [1.54, 1.807) is 0 Å². The van der Waals surface area contributed by atoms with Crippen LogP contribution in [-0.2, 0) is 27.2 Å². The number of hydrogen-bond acceptors (Lipinski definition) is 7. The highest BCUT2D eigenvalue weighted by Gasteiger charge is 2.34. The molecule has 16 heteroatoms. The molecule has 0 fully saturated rings. The molecule has 1 atom stereocenters. The van der Waals surface area contributed by atoms with Gasteiger partial charge in [-0.05, 0) is 5.16 Å². The van der Waals surface area contributed by atoms with Crippen LogP contribution in [0.5, 0.6) is 0 Å². The maximum absolute atomic E-state index is 10.8. The van der Waals surface area contributed by atoms with Crippen LogP contribution in [-0.4, -0.2) is 30.5 Å². The molecule has 17 heavy (non-hydrogen) atoms. The highest BCUT2D eigenvalue weighted by Crippen LogP contribution is 2.57. The second-order valence-corrected chi connectivity index (χ2v) is 6.03. The van der Waals surface area contributed by atoms with Crippen molar-refractivity contribution in [2.45, 2.75) is 0 Å². The van der Waals surface area contributed by atoms with E-state index in [2.05, 4.69) is 24.3 Å². The van der Waals surface area contributed by atoms with Crippen LogP contribution in [0.25, 0.3) is 0 Å². The third kappa shape index (κ3) is 10.4. The largest absolute Gasteiger partial charge is 0.545 e. The summed E-state index contributed by atoms with van der Waals surface area (Å²) in [6, 6.07) is -1.40. The van der Waals surface area contributed by atoms with E-state index in [0.29, 0.717) is 0 Å². The van der Waals surface area contributed by atoms with Gasteiger partial charge in [-0.25, -0.2) is 13.7 Å². The van der Waals surface area contributed by atoms with Crippen LogP contribution in [0.4, 0.5) is 0 Å². The summed E-state index contributed by atoms with van der Waals surface area (Å²) in [7, 11) is -15.7. The van der Waals surface area contributed by atoms with E-state index in [1.807, 2.05) is 0 Å². The van der Waals surface area contributed by atoms with Gasteiger partial charge in [-0.2, -0.15) is 4.31 Å². The summed E-state index contributed by atoms with van der Waals surface area (Å²) in [5, 5.41) is 2.35. The first-order valence-corrected chi connectivity index (χ1v) is 7.73. The monoisotopic (exact) mass is 316 g/mol. The molecular formula is CH7N2O11P3. The lowest BCUT2D eigenvalue weighted by atomic mass is 11.2. The Labute approximate surface area is 92.9 Å². The number of hydrogen-bond donors (Lipinski definition) is 6. The maximum Gasteiger partial charge on any atom is 0.545 e. The number of nitrogens with two attached hydrogens (primary N) is 1. The summed E-state index contributed by atoms with van der Waals surface area (Å²) in [6.07, 6.45) is 0. The lowest BCUT2D eigenvalue weighted by Crippen LogP contribution is -2.15. The van der Waals surface area contributed by atoms with Crippen molar-refractivity contribution in [1.29, 1.82) is 0 Å². The molecule has 1 unspecified atom stereocenters. The zero-order chi connectivity index (χ0) is 13.9. The second-order valence-electron chi connectivity index (χ2n) is 2.13. The van der Waals surface area contributed by atoms with Crippen LogP contribution < -0.4 is 5.73 Å². The molecular weight excluding hydrogens is 309 g/mol. The summed E-state index contributed by atoms with van der Waals surface area (Å²) < 4.78 is 41.4. The molecule has 7 N–H and O–H groups in total. The minimum atomic E-state index is -5.34. The van der Waals surface area contributed by atoms with Crippen molar-refractivity contribution in [1.82, 2.24) is 0 Å². The standard InChI is InChI=1S/CH7N2O11P3/c2-1(3-13-15(4,5)6)12-17(10,11)14-16(7,8)9/h(H2,2,3)(H,10,11)(H2,4,5,6)(H2,7,8,9). The van der Waals surface area contributed by atoms with E-state index >= 15 is 0 Å². The van der Waals surface area contributed by atoms with Gasteiger partial charge in [0.2, 0.25) is 0 Å². The predicted octanol–water partition coefficient (Wildman–Crippen LogP) is -1.45. The molecule has 0 bridgehead atoms. The first-order chi connectivity index (χ1) is 7.31. The van der Waals surface area contributed by atoms with E-state index in [0.717, 1.165) is 0 Å². The van der Waals surface area contributed by atoms with Crippen LogP contribution >= 0.6 is 23.5 Å². The van der Waals surface area contributed by atoms with Gasteiger partial charge < -0.3 is 20.0 Å². The summed E-state index contributed by atoms with van der Waals surface area (Å²) in [5.74, 6) is 0. The Kier molecular flexibility index (Phi) is 5.29. The zero-order valence-electron chi connectivity index (χ0n) is 7.55. The molecule has 0 amide bonds. The van der Waals surface area contributed by atoms with Crippen LogP contribution in [0.15, 0.2) is 5.16 Å². The molecule has 0 rings (SSSR count). The van der Waals surface area contributed by atoms with Crippen molar-refractivity contribution in [3.05, 3.63) is 0 Å². The fraction of sp³-hybridized carbons (Fsp3) is 0. The zero-order valence-corrected chi connectivity index (χ0v) is 10.2. The van der Waals surface area contributed by atoms with Gasteiger partial charge >= 0.3 is 29.5 Å². The van der Waals surface area contributed by atoms with Gasteiger partial charge in [-0.1, -0.05) is 0 Å². The van der Waals surface area contributed by atoms with Crippen LogP contribution in [0, 0.1) is 0 Å². The number of rotatable bonds is 5. The van der Waals surface area contributed by atoms with Crippen LogP contribution in [0.2, 0.25) is 0 Å². The average molecular weight is 316 g/mol. The third-order valence-electron chi connectivity index (χ3n) is 0.656. The molecule has 0 aromatic carbocycles. The van der Waals surface area contributed by atoms with Crippen molar-refractivity contribution in [2.75, 3.05) is 0 Å². The van der Waals surface area contributed by atoms with Gasteiger partial charge in [0.25, 0.3) is 0 Å². The Balaban J connectivity index is 4.58. The Hall–Kier alpha value is -0.480. The van der Waals surface area contributed by atoms with Gasteiger partial charge in [-0.15, -0.1) is 0 Å². The first kappa shape index (κ1) is 16.5. The molecule has 102 valence electrons. The fourth-order valence-corrected chi connectivity index (χ4v) is 2.04. The van der Waals surface area contributed by atoms with E-state index in [4.69, 9.17) is 24.5 Å². The van der Waals surface area contributed by atoms with Crippen molar-refractivity contribution < 1.29 is 51.6 Å². The Morgan fingerprint density at radius 3 is 1.82 bits per heavy atom. The summed E-state index contributed by atoms with van der Waals surface area (Å²) in [4.78, 5) is 41.3. The lowest BCUT2D eigenvalue weighted by molar-refractivity contribution is 0.191. The number of oxime groups is 1. The summed E-state index contributed by atoms with van der Waals surface area (Å²) in [6.45, 7) is 0. The van der Waals surface area contributed by atoms with Gasteiger partial charge in [0.1, 0.15) is 0 Å². The van der Waals surface area contributed by atoms with E-state index < -0.39 is 29.5 Å². The molecule has 0 spiro atoms. The van der Waals surface area contributed by atoms with Gasteiger partial charge in [-0.3, -0.25) is 19.3 Å². The van der Waals surface area contributed by atoms with Crippen LogP contribution in [0.1, 0.15) is 0 Å². The van der Waals surface area contributed by atoms with E-state index in [1.165, 1.54) is 0 Å². The summed E-state index contributed by atoms with van der Waals surface area (Å²) in [5.41, 5.74) is 4.68. The fourth-order valence-electron chi connectivity index (χ4n) is 0.379. The Morgan fingerprint density at radius 2 is 1.47 bits per heavy atom. The highest BCUT2D eigenvalue weighted by atomic mass is 31.3. The maximum atomic E-state index is 10.8. The molecule has 13 nitrogen and oxygen atoms in total. The first-order valence-electron chi connectivity index (χ1n) is 3.18. The highest BCUT2D eigenvalue weighted by molar-refractivity contribution is 7.61. The second kappa shape index (κ2) is 5.44. The average Bonchev–Trinajstić information content (AvgIpc) is 1.93. The minimum Gasteiger partial charge on any atom is -0.368 e. The molecule has 0 aliphatic rings. The third-order valence-corrected chi connectivity index (χ3v) is 3.04. The molecule has 0 aliphatic heterocycles. The predicted molar refractivity (Wildman–Crippen MR) is 48.8 cm³/mol. The molecule has 0 aromatic rings. The number of phosphoric acid groups is 3. The number of phosphoric ester groups is 1. The Bertz CT molecular complexity index is 428. The molecule has 0 aliphatic carbocycles. The normalized spacial score (nSPS) is 17.4. The van der Waals surface area contributed by atoms with Gasteiger partial charge in [0.15, 0.2) is 0 Å². The number of amidine groups is 1. The SMILES string of the molecule is N/C(=N\OP(=O)(O)O)OP(=O)(O)OP(=O)(O)O. The number of nitrogens with zero attached hydrogens (tertiary/aromatic N) is 1. The molecule has 0 saturated heterocycles. The van der Waals surface area contributed by atoms with Crippen molar-refractivity contribution in [3.8, 4) is 0 Å². The topological polar surface area (TPSA) is 218 Å². The molecule has 0 saturated carbocycles. The van der Waals surface area contributed by atoms with Crippen LogP contribution in [0.3, 0.4) is 0 Å². The quantitative estimate of drug-likeness (QED) is 0.148. The Morgan fingerprint density at radius 1 is 1.00 bits per heavy atom. The molecule has 0 heterocycles.